The quantitative estimate of drug-likeness (QED) is 0.771. The summed E-state index contributed by atoms with van der Waals surface area (Å²) in [5, 5.41) is 0. The van der Waals surface area contributed by atoms with E-state index >= 15 is 0 Å². The predicted molar refractivity (Wildman–Crippen MR) is 78.2 cm³/mol. The van der Waals surface area contributed by atoms with E-state index in [1.807, 2.05) is 39.0 Å². The second-order valence-corrected chi connectivity index (χ2v) is 6.07. The third-order valence-corrected chi connectivity index (χ3v) is 5.09. The lowest BCUT2D eigenvalue weighted by atomic mass is 10.3. The molecule has 1 aliphatic rings. The standard InChI is InChI=1S/C14H22O5S/c1-4-17-20(18-5-2,19-6-3)12-7-8-13-14(11-12)16-10-9-15-13/h7-8,11H,4-6,9-10H2,1-3H3. The Morgan fingerprint density at radius 3 is 2.00 bits per heavy atom. The van der Waals surface area contributed by atoms with Crippen LogP contribution in [0.5, 0.6) is 11.5 Å². The van der Waals surface area contributed by atoms with Gasteiger partial charge in [-0.2, -0.15) is 0 Å². The summed E-state index contributed by atoms with van der Waals surface area (Å²) < 4.78 is 28.6. The van der Waals surface area contributed by atoms with Gasteiger partial charge in [-0.1, -0.05) is 0 Å². The smallest absolute Gasteiger partial charge is 0.162 e. The number of rotatable bonds is 7. The zero-order valence-electron chi connectivity index (χ0n) is 12.2. The molecule has 20 heavy (non-hydrogen) atoms. The molecule has 0 saturated heterocycles. The highest BCUT2D eigenvalue weighted by molar-refractivity contribution is 8.21. The van der Waals surface area contributed by atoms with Crippen LogP contribution in [-0.2, 0) is 12.5 Å². The topological polar surface area (TPSA) is 46.2 Å². The first kappa shape index (κ1) is 15.4. The lowest BCUT2D eigenvalue weighted by Gasteiger charge is -2.37. The molecular weight excluding hydrogens is 280 g/mol. The van der Waals surface area contributed by atoms with Crippen molar-refractivity contribution < 1.29 is 22.0 Å². The van der Waals surface area contributed by atoms with Gasteiger partial charge in [-0.25, -0.2) is 0 Å². The molecule has 0 spiro atoms. The van der Waals surface area contributed by atoms with E-state index in [0.29, 0.717) is 38.8 Å². The molecule has 2 rings (SSSR count). The van der Waals surface area contributed by atoms with Gasteiger partial charge in [-0.3, -0.25) is 12.5 Å². The van der Waals surface area contributed by atoms with Gasteiger partial charge in [0.15, 0.2) is 11.5 Å². The first-order chi connectivity index (χ1) is 9.75. The van der Waals surface area contributed by atoms with E-state index in [-0.39, 0.29) is 0 Å². The van der Waals surface area contributed by atoms with Crippen molar-refractivity contribution >= 4 is 10.9 Å². The molecule has 0 N–H and O–H groups in total. The first-order valence-electron chi connectivity index (χ1n) is 6.92. The van der Waals surface area contributed by atoms with E-state index < -0.39 is 10.9 Å². The van der Waals surface area contributed by atoms with Gasteiger partial charge in [-0.15, -0.1) is 0 Å². The van der Waals surface area contributed by atoms with Crippen LogP contribution in [0.4, 0.5) is 0 Å². The fourth-order valence-electron chi connectivity index (χ4n) is 1.95. The van der Waals surface area contributed by atoms with E-state index in [1.165, 1.54) is 0 Å². The van der Waals surface area contributed by atoms with Gasteiger partial charge < -0.3 is 9.47 Å². The summed E-state index contributed by atoms with van der Waals surface area (Å²) in [5.41, 5.74) is 0. The van der Waals surface area contributed by atoms with Crippen LogP contribution in [0.2, 0.25) is 0 Å². The average Bonchev–Trinajstić information content (AvgIpc) is 2.47. The monoisotopic (exact) mass is 302 g/mol. The van der Waals surface area contributed by atoms with Gasteiger partial charge in [0.05, 0.1) is 24.7 Å². The maximum Gasteiger partial charge on any atom is 0.162 e. The molecule has 0 saturated carbocycles. The lowest BCUT2D eigenvalue weighted by Crippen LogP contribution is -2.17. The predicted octanol–water partition coefficient (Wildman–Crippen LogP) is 3.48. The van der Waals surface area contributed by atoms with Crippen LogP contribution >= 0.6 is 10.9 Å². The highest BCUT2D eigenvalue weighted by Gasteiger charge is 2.31. The van der Waals surface area contributed by atoms with Gasteiger partial charge in [-0.05, 0) is 32.9 Å². The fraction of sp³-hybridized carbons (Fsp3) is 0.571. The Morgan fingerprint density at radius 2 is 1.45 bits per heavy atom. The van der Waals surface area contributed by atoms with Gasteiger partial charge >= 0.3 is 0 Å². The molecule has 0 atom stereocenters. The summed E-state index contributed by atoms with van der Waals surface area (Å²) >= 11 is 0. The summed E-state index contributed by atoms with van der Waals surface area (Å²) in [6.07, 6.45) is 0. The van der Waals surface area contributed by atoms with Crippen LogP contribution in [-0.4, -0.2) is 33.0 Å². The van der Waals surface area contributed by atoms with E-state index in [1.54, 1.807) is 0 Å². The minimum Gasteiger partial charge on any atom is -0.486 e. The lowest BCUT2D eigenvalue weighted by molar-refractivity contribution is 0.169. The van der Waals surface area contributed by atoms with Crippen LogP contribution in [0.25, 0.3) is 0 Å². The van der Waals surface area contributed by atoms with Crippen molar-refractivity contribution in [3.63, 3.8) is 0 Å². The Kier molecular flexibility index (Phi) is 5.54. The van der Waals surface area contributed by atoms with Crippen LogP contribution < -0.4 is 9.47 Å². The van der Waals surface area contributed by atoms with Crippen molar-refractivity contribution in [3.8, 4) is 11.5 Å². The maximum atomic E-state index is 5.83. The van der Waals surface area contributed by atoms with E-state index in [9.17, 15) is 0 Å². The Morgan fingerprint density at radius 1 is 0.900 bits per heavy atom. The van der Waals surface area contributed by atoms with Crippen molar-refractivity contribution in [1.82, 2.24) is 0 Å². The molecule has 0 bridgehead atoms. The van der Waals surface area contributed by atoms with Crippen molar-refractivity contribution in [1.29, 1.82) is 0 Å². The number of hydrogen-bond donors (Lipinski definition) is 0. The summed E-state index contributed by atoms with van der Waals surface area (Å²) in [6.45, 7) is 8.47. The van der Waals surface area contributed by atoms with Gasteiger partial charge in [0.2, 0.25) is 0 Å². The molecule has 0 radical (unpaired) electrons. The first-order valence-corrected chi connectivity index (χ1v) is 8.32. The molecule has 0 aromatic heterocycles. The molecule has 1 aromatic rings. The molecule has 0 aliphatic carbocycles. The van der Waals surface area contributed by atoms with Gasteiger partial charge in [0.1, 0.15) is 24.1 Å². The van der Waals surface area contributed by atoms with Crippen LogP contribution in [0.3, 0.4) is 0 Å². The second kappa shape index (κ2) is 7.17. The van der Waals surface area contributed by atoms with E-state index in [0.717, 1.165) is 10.6 Å². The minimum absolute atomic E-state index is 0.518. The molecular formula is C14H22O5S. The Balaban J connectivity index is 2.36. The fourth-order valence-corrected chi connectivity index (χ4v) is 3.98. The molecule has 0 fully saturated rings. The number of fused-ring (bicyclic) bond motifs is 1. The van der Waals surface area contributed by atoms with Crippen molar-refractivity contribution in [2.75, 3.05) is 33.0 Å². The second-order valence-electron chi connectivity index (χ2n) is 3.98. The third kappa shape index (κ3) is 3.20. The van der Waals surface area contributed by atoms with Gasteiger partial charge in [0.25, 0.3) is 0 Å². The zero-order chi connectivity index (χ0) is 14.4. The maximum absolute atomic E-state index is 5.83. The largest absolute Gasteiger partial charge is 0.486 e. The number of hydrogen-bond acceptors (Lipinski definition) is 5. The van der Waals surface area contributed by atoms with E-state index in [4.69, 9.17) is 22.0 Å². The Hall–Kier alpha value is -0.950. The molecule has 0 amide bonds. The molecule has 1 heterocycles. The molecule has 5 nitrogen and oxygen atoms in total. The van der Waals surface area contributed by atoms with Crippen molar-refractivity contribution in [3.05, 3.63) is 18.2 Å². The van der Waals surface area contributed by atoms with Gasteiger partial charge in [0, 0.05) is 6.07 Å². The normalized spacial score (nSPS) is 15.2. The average molecular weight is 302 g/mol. The summed E-state index contributed by atoms with van der Waals surface area (Å²) in [5.74, 6) is 1.46. The molecule has 114 valence electrons. The zero-order valence-corrected chi connectivity index (χ0v) is 13.0. The SMILES string of the molecule is CCOS(OCC)(OCC)c1ccc2c(c1)OCCO2. The molecule has 0 unspecified atom stereocenters. The number of benzene rings is 1. The third-order valence-electron chi connectivity index (χ3n) is 2.62. The van der Waals surface area contributed by atoms with Crippen LogP contribution in [0.1, 0.15) is 20.8 Å². The van der Waals surface area contributed by atoms with Crippen molar-refractivity contribution in [2.24, 2.45) is 0 Å². The van der Waals surface area contributed by atoms with Crippen LogP contribution in [0.15, 0.2) is 23.1 Å². The van der Waals surface area contributed by atoms with Crippen LogP contribution in [0, 0.1) is 0 Å². The summed E-state index contributed by atoms with van der Waals surface area (Å²) in [7, 11) is -2.19. The highest BCUT2D eigenvalue weighted by Crippen LogP contribution is 2.60. The summed E-state index contributed by atoms with van der Waals surface area (Å²) in [6, 6.07) is 5.69. The molecule has 1 aliphatic heterocycles. The minimum atomic E-state index is -2.19. The molecule has 1 aromatic carbocycles. The summed E-state index contributed by atoms with van der Waals surface area (Å²) in [4.78, 5) is 0.854. The van der Waals surface area contributed by atoms with E-state index in [2.05, 4.69) is 0 Å². The number of ether oxygens (including phenoxy) is 2. The molecule has 6 heteroatoms. The Bertz CT molecular complexity index is 421. The van der Waals surface area contributed by atoms with Crippen molar-refractivity contribution in [2.45, 2.75) is 25.7 Å². The highest BCUT2D eigenvalue weighted by atomic mass is 32.3. The Labute approximate surface area is 122 Å².